The SMILES string of the molecule is CN(C(=O)c1ccc(N2CCOCC2)cn1)C1CCS(=O)(=O)C1. The Bertz CT molecular complexity index is 668. The van der Waals surface area contributed by atoms with E-state index in [0.717, 1.165) is 18.8 Å². The molecule has 0 spiro atoms. The van der Waals surface area contributed by atoms with E-state index in [0.29, 0.717) is 25.3 Å². The number of pyridine rings is 1. The van der Waals surface area contributed by atoms with E-state index < -0.39 is 9.84 Å². The van der Waals surface area contributed by atoms with E-state index in [1.54, 1.807) is 19.3 Å². The van der Waals surface area contributed by atoms with Gasteiger partial charge in [-0.1, -0.05) is 0 Å². The topological polar surface area (TPSA) is 79.8 Å². The van der Waals surface area contributed by atoms with Crippen LogP contribution in [0.15, 0.2) is 18.3 Å². The van der Waals surface area contributed by atoms with Crippen LogP contribution < -0.4 is 4.90 Å². The molecule has 0 bridgehead atoms. The van der Waals surface area contributed by atoms with Gasteiger partial charge in [-0.2, -0.15) is 0 Å². The molecule has 2 aliphatic heterocycles. The number of carbonyl (C=O) groups is 1. The number of sulfone groups is 1. The van der Waals surface area contributed by atoms with E-state index in [2.05, 4.69) is 9.88 Å². The lowest BCUT2D eigenvalue weighted by atomic mass is 10.2. The molecular formula is C15H21N3O4S. The average Bonchev–Trinajstić information content (AvgIpc) is 2.94. The molecule has 7 nitrogen and oxygen atoms in total. The average molecular weight is 339 g/mol. The van der Waals surface area contributed by atoms with Crippen LogP contribution in [0.3, 0.4) is 0 Å². The second-order valence-corrected chi connectivity index (χ2v) is 8.20. The number of hydrogen-bond donors (Lipinski definition) is 0. The van der Waals surface area contributed by atoms with Crippen LogP contribution in [0.2, 0.25) is 0 Å². The molecule has 1 aromatic rings. The smallest absolute Gasteiger partial charge is 0.272 e. The fourth-order valence-electron chi connectivity index (χ4n) is 2.95. The zero-order chi connectivity index (χ0) is 16.4. The largest absolute Gasteiger partial charge is 0.378 e. The summed E-state index contributed by atoms with van der Waals surface area (Å²) in [5.41, 5.74) is 1.31. The molecular weight excluding hydrogens is 318 g/mol. The van der Waals surface area contributed by atoms with E-state index in [1.807, 2.05) is 6.07 Å². The monoisotopic (exact) mass is 339 g/mol. The third-order valence-electron chi connectivity index (χ3n) is 4.42. The molecule has 8 heteroatoms. The number of anilines is 1. The summed E-state index contributed by atoms with van der Waals surface area (Å²) < 4.78 is 28.4. The van der Waals surface area contributed by atoms with Crippen LogP contribution in [-0.4, -0.2) is 75.1 Å². The Morgan fingerprint density at radius 1 is 1.35 bits per heavy atom. The van der Waals surface area contributed by atoms with E-state index in [1.165, 1.54) is 4.90 Å². The minimum absolute atomic E-state index is 0.0428. The van der Waals surface area contributed by atoms with Crippen LogP contribution in [0.25, 0.3) is 0 Å². The Hall–Kier alpha value is -1.67. The summed E-state index contributed by atoms with van der Waals surface area (Å²) in [5, 5.41) is 0. The number of morpholine rings is 1. The molecule has 0 radical (unpaired) electrons. The number of amides is 1. The van der Waals surface area contributed by atoms with Crippen LogP contribution >= 0.6 is 0 Å². The van der Waals surface area contributed by atoms with Gasteiger partial charge in [0.2, 0.25) is 0 Å². The second kappa shape index (κ2) is 6.45. The third kappa shape index (κ3) is 3.64. The fourth-order valence-corrected chi connectivity index (χ4v) is 4.72. The number of ether oxygens (including phenoxy) is 1. The molecule has 1 atom stereocenters. The lowest BCUT2D eigenvalue weighted by Crippen LogP contribution is -2.38. The maximum absolute atomic E-state index is 12.5. The molecule has 3 heterocycles. The lowest BCUT2D eigenvalue weighted by Gasteiger charge is -2.28. The van der Waals surface area contributed by atoms with Crippen molar-refractivity contribution in [3.05, 3.63) is 24.0 Å². The highest BCUT2D eigenvalue weighted by molar-refractivity contribution is 7.91. The number of aromatic nitrogens is 1. The molecule has 1 unspecified atom stereocenters. The Morgan fingerprint density at radius 3 is 2.65 bits per heavy atom. The molecule has 2 fully saturated rings. The van der Waals surface area contributed by atoms with Gasteiger partial charge in [0.1, 0.15) is 5.69 Å². The zero-order valence-corrected chi connectivity index (χ0v) is 14.0. The highest BCUT2D eigenvalue weighted by Crippen LogP contribution is 2.19. The molecule has 23 heavy (non-hydrogen) atoms. The summed E-state index contributed by atoms with van der Waals surface area (Å²) in [5.74, 6) is -0.0413. The lowest BCUT2D eigenvalue weighted by molar-refractivity contribution is 0.0741. The van der Waals surface area contributed by atoms with Crippen LogP contribution in [0.4, 0.5) is 5.69 Å². The highest BCUT2D eigenvalue weighted by atomic mass is 32.2. The van der Waals surface area contributed by atoms with Gasteiger partial charge in [0.15, 0.2) is 9.84 Å². The van der Waals surface area contributed by atoms with Crippen LogP contribution in [0, 0.1) is 0 Å². The Morgan fingerprint density at radius 2 is 2.09 bits per heavy atom. The van der Waals surface area contributed by atoms with Crippen LogP contribution in [-0.2, 0) is 14.6 Å². The maximum atomic E-state index is 12.5. The summed E-state index contributed by atoms with van der Waals surface area (Å²) in [7, 11) is -1.37. The van der Waals surface area contributed by atoms with Crippen molar-refractivity contribution >= 4 is 21.4 Å². The molecule has 0 aliphatic carbocycles. The van der Waals surface area contributed by atoms with Crippen molar-refractivity contribution < 1.29 is 17.9 Å². The third-order valence-corrected chi connectivity index (χ3v) is 6.17. The standard InChI is InChI=1S/C15H21N3O4S/c1-17(13-4-9-23(20,21)11-13)15(19)14-3-2-12(10-16-14)18-5-7-22-8-6-18/h2-3,10,13H,4-9,11H2,1H3. The fraction of sp³-hybridized carbons (Fsp3) is 0.600. The number of rotatable bonds is 3. The Balaban J connectivity index is 1.67. The van der Waals surface area contributed by atoms with Gasteiger partial charge >= 0.3 is 0 Å². The van der Waals surface area contributed by atoms with Gasteiger partial charge < -0.3 is 14.5 Å². The quantitative estimate of drug-likeness (QED) is 0.781. The van der Waals surface area contributed by atoms with E-state index in [4.69, 9.17) is 4.74 Å². The summed E-state index contributed by atoms with van der Waals surface area (Å²) in [6.07, 6.45) is 2.19. The summed E-state index contributed by atoms with van der Waals surface area (Å²) in [6, 6.07) is 3.32. The predicted octanol–water partition coefficient (Wildman–Crippen LogP) is 0.177. The molecule has 0 saturated carbocycles. The number of hydrogen-bond acceptors (Lipinski definition) is 6. The number of nitrogens with zero attached hydrogens (tertiary/aromatic N) is 3. The van der Waals surface area contributed by atoms with Gasteiger partial charge in [-0.15, -0.1) is 0 Å². The molecule has 2 aliphatic rings. The Kier molecular flexibility index (Phi) is 4.54. The zero-order valence-electron chi connectivity index (χ0n) is 13.1. The van der Waals surface area contributed by atoms with Crippen LogP contribution in [0.1, 0.15) is 16.9 Å². The maximum Gasteiger partial charge on any atom is 0.272 e. The van der Waals surface area contributed by atoms with Gasteiger partial charge in [0.05, 0.1) is 36.6 Å². The first-order valence-corrected chi connectivity index (χ1v) is 9.55. The second-order valence-electron chi connectivity index (χ2n) is 5.97. The molecule has 2 saturated heterocycles. The van der Waals surface area contributed by atoms with Crippen molar-refractivity contribution in [1.29, 1.82) is 0 Å². The first-order chi connectivity index (χ1) is 11.0. The Labute approximate surface area is 136 Å². The molecule has 3 rings (SSSR count). The van der Waals surface area contributed by atoms with Crippen molar-refractivity contribution in [2.45, 2.75) is 12.5 Å². The summed E-state index contributed by atoms with van der Waals surface area (Å²) in [4.78, 5) is 20.4. The molecule has 0 aromatic carbocycles. The van der Waals surface area contributed by atoms with Crippen molar-refractivity contribution in [1.82, 2.24) is 9.88 Å². The van der Waals surface area contributed by atoms with Crippen molar-refractivity contribution in [2.24, 2.45) is 0 Å². The summed E-state index contributed by atoms with van der Waals surface area (Å²) in [6.45, 7) is 3.02. The van der Waals surface area contributed by atoms with Crippen molar-refractivity contribution in [3.8, 4) is 0 Å². The number of carbonyl (C=O) groups excluding carboxylic acids is 1. The van der Waals surface area contributed by atoms with Crippen LogP contribution in [0.5, 0.6) is 0 Å². The molecule has 0 N–H and O–H groups in total. The van der Waals surface area contributed by atoms with E-state index >= 15 is 0 Å². The van der Waals surface area contributed by atoms with Crippen molar-refractivity contribution in [2.75, 3.05) is 49.8 Å². The van der Waals surface area contributed by atoms with E-state index in [-0.39, 0.29) is 23.5 Å². The van der Waals surface area contributed by atoms with Gasteiger partial charge in [-0.25, -0.2) is 13.4 Å². The predicted molar refractivity (Wildman–Crippen MR) is 86.4 cm³/mol. The first-order valence-electron chi connectivity index (χ1n) is 7.72. The van der Waals surface area contributed by atoms with Gasteiger partial charge in [0.25, 0.3) is 5.91 Å². The van der Waals surface area contributed by atoms with Crippen molar-refractivity contribution in [3.63, 3.8) is 0 Å². The normalized spacial score (nSPS) is 23.7. The minimum Gasteiger partial charge on any atom is -0.378 e. The molecule has 1 amide bonds. The molecule has 1 aromatic heterocycles. The van der Waals surface area contributed by atoms with Gasteiger partial charge in [-0.3, -0.25) is 4.79 Å². The van der Waals surface area contributed by atoms with Gasteiger partial charge in [-0.05, 0) is 18.6 Å². The minimum atomic E-state index is -3.01. The summed E-state index contributed by atoms with van der Waals surface area (Å²) >= 11 is 0. The first kappa shape index (κ1) is 16.2. The van der Waals surface area contributed by atoms with E-state index in [9.17, 15) is 13.2 Å². The van der Waals surface area contributed by atoms with Gasteiger partial charge in [0, 0.05) is 26.2 Å². The molecule has 126 valence electrons. The highest BCUT2D eigenvalue weighted by Gasteiger charge is 2.33.